The van der Waals surface area contributed by atoms with E-state index in [1.54, 1.807) is 18.2 Å². The van der Waals surface area contributed by atoms with E-state index >= 15 is 0 Å². The summed E-state index contributed by atoms with van der Waals surface area (Å²) >= 11 is 9.07. The van der Waals surface area contributed by atoms with Crippen LogP contribution in [0.2, 0.25) is 5.02 Å². The highest BCUT2D eigenvalue weighted by molar-refractivity contribution is 9.10. The van der Waals surface area contributed by atoms with Crippen LogP contribution in [0, 0.1) is 0 Å². The Balaban J connectivity index is 2.69. The van der Waals surface area contributed by atoms with Gasteiger partial charge in [-0.15, -0.1) is 0 Å². The first-order chi connectivity index (χ1) is 7.54. The molecule has 0 aliphatic rings. The molecule has 0 aliphatic carbocycles. The molecule has 4 nitrogen and oxygen atoms in total. The zero-order valence-electron chi connectivity index (χ0n) is 8.67. The molecule has 1 aromatic rings. The third-order valence-electron chi connectivity index (χ3n) is 1.87. The van der Waals surface area contributed by atoms with Crippen LogP contribution in [0.3, 0.4) is 0 Å². The second-order valence-electron chi connectivity index (χ2n) is 3.18. The normalized spacial score (nSPS) is 12.2. The molecular formula is C10H12BrClN2O2. The molecule has 16 heavy (non-hydrogen) atoms. The Kier molecular flexibility index (Phi) is 5.21. The van der Waals surface area contributed by atoms with Gasteiger partial charge in [-0.3, -0.25) is 4.79 Å². The number of halogens is 2. The average molecular weight is 308 g/mol. The second-order valence-corrected chi connectivity index (χ2v) is 4.47. The maximum Gasteiger partial charge on any atom is 0.243 e. The third kappa shape index (κ3) is 3.75. The van der Waals surface area contributed by atoms with Crippen molar-refractivity contribution in [2.75, 3.05) is 19.0 Å². The molecule has 1 amide bonds. The van der Waals surface area contributed by atoms with Crippen LogP contribution >= 0.6 is 27.5 Å². The molecule has 0 fully saturated rings. The summed E-state index contributed by atoms with van der Waals surface area (Å²) in [5, 5.41) is 3.26. The van der Waals surface area contributed by atoms with Gasteiger partial charge in [0.1, 0.15) is 6.04 Å². The van der Waals surface area contributed by atoms with Gasteiger partial charge < -0.3 is 15.8 Å². The van der Waals surface area contributed by atoms with E-state index in [9.17, 15) is 4.79 Å². The fourth-order valence-corrected chi connectivity index (χ4v) is 1.85. The highest BCUT2D eigenvalue weighted by Gasteiger charge is 2.14. The zero-order valence-corrected chi connectivity index (χ0v) is 11.0. The van der Waals surface area contributed by atoms with Gasteiger partial charge in [-0.1, -0.05) is 11.6 Å². The van der Waals surface area contributed by atoms with E-state index in [-0.39, 0.29) is 12.5 Å². The predicted molar refractivity (Wildman–Crippen MR) is 67.6 cm³/mol. The molecule has 0 radical (unpaired) electrons. The fraction of sp³-hybridized carbons (Fsp3) is 0.300. The predicted octanol–water partition coefficient (Wildman–Crippen LogP) is 2.01. The summed E-state index contributed by atoms with van der Waals surface area (Å²) in [5.41, 5.74) is 6.20. The summed E-state index contributed by atoms with van der Waals surface area (Å²) in [6, 6.07) is 4.39. The number of hydrogen-bond donors (Lipinski definition) is 2. The molecule has 1 unspecified atom stereocenters. The van der Waals surface area contributed by atoms with E-state index in [4.69, 9.17) is 22.1 Å². The highest BCUT2D eigenvalue weighted by Crippen LogP contribution is 2.25. The lowest BCUT2D eigenvalue weighted by Crippen LogP contribution is -2.39. The van der Waals surface area contributed by atoms with Crippen LogP contribution in [0.25, 0.3) is 0 Å². The Labute approximate surface area is 107 Å². The van der Waals surface area contributed by atoms with E-state index in [1.807, 2.05) is 0 Å². The summed E-state index contributed by atoms with van der Waals surface area (Å²) in [7, 11) is 1.49. The molecule has 1 rings (SSSR count). The third-order valence-corrected chi connectivity index (χ3v) is 2.76. The Bertz CT molecular complexity index is 387. The summed E-state index contributed by atoms with van der Waals surface area (Å²) in [4.78, 5) is 11.6. The van der Waals surface area contributed by atoms with E-state index in [0.29, 0.717) is 15.2 Å². The molecule has 3 N–H and O–H groups in total. The summed E-state index contributed by atoms with van der Waals surface area (Å²) in [5.74, 6) is -0.301. The van der Waals surface area contributed by atoms with Crippen molar-refractivity contribution in [1.82, 2.24) is 0 Å². The lowest BCUT2D eigenvalue weighted by Gasteiger charge is -2.12. The van der Waals surface area contributed by atoms with Gasteiger partial charge in [0.25, 0.3) is 0 Å². The van der Waals surface area contributed by atoms with Crippen LogP contribution in [0.4, 0.5) is 5.69 Å². The largest absolute Gasteiger partial charge is 0.383 e. The number of hydrogen-bond acceptors (Lipinski definition) is 3. The van der Waals surface area contributed by atoms with Crippen LogP contribution in [-0.2, 0) is 9.53 Å². The molecule has 0 heterocycles. The fourth-order valence-electron chi connectivity index (χ4n) is 1.07. The first-order valence-electron chi connectivity index (χ1n) is 4.55. The number of nitrogens with two attached hydrogens (primary N) is 1. The molecule has 0 saturated carbocycles. The number of carbonyl (C=O) groups excluding carboxylic acids is 1. The van der Waals surface area contributed by atoms with Crippen LogP contribution in [-0.4, -0.2) is 25.7 Å². The number of anilines is 1. The molecule has 0 bridgehead atoms. The molecule has 0 saturated heterocycles. The Hall–Kier alpha value is -0.620. The van der Waals surface area contributed by atoms with Crippen molar-refractivity contribution in [3.63, 3.8) is 0 Å². The maximum atomic E-state index is 11.6. The van der Waals surface area contributed by atoms with Gasteiger partial charge in [-0.2, -0.15) is 0 Å². The average Bonchev–Trinajstić information content (AvgIpc) is 2.22. The minimum Gasteiger partial charge on any atom is -0.383 e. The van der Waals surface area contributed by atoms with Gasteiger partial charge in [0, 0.05) is 16.6 Å². The molecule has 88 valence electrons. The molecule has 1 aromatic carbocycles. The van der Waals surface area contributed by atoms with Crippen LogP contribution in [0.5, 0.6) is 0 Å². The Morgan fingerprint density at radius 1 is 1.69 bits per heavy atom. The van der Waals surface area contributed by atoms with Gasteiger partial charge in [-0.25, -0.2) is 0 Å². The van der Waals surface area contributed by atoms with Gasteiger partial charge >= 0.3 is 0 Å². The lowest BCUT2D eigenvalue weighted by molar-refractivity contribution is -0.118. The minimum atomic E-state index is -0.687. The van der Waals surface area contributed by atoms with Crippen molar-refractivity contribution in [2.45, 2.75) is 6.04 Å². The number of ether oxygens (including phenoxy) is 1. The summed E-state index contributed by atoms with van der Waals surface area (Å²) < 4.78 is 5.50. The number of rotatable bonds is 4. The van der Waals surface area contributed by atoms with Crippen molar-refractivity contribution < 1.29 is 9.53 Å². The van der Waals surface area contributed by atoms with Crippen molar-refractivity contribution in [2.24, 2.45) is 5.73 Å². The number of benzene rings is 1. The number of carbonyl (C=O) groups is 1. The number of nitrogens with one attached hydrogen (secondary N) is 1. The molecule has 0 spiro atoms. The number of methoxy groups -OCH3 is 1. The van der Waals surface area contributed by atoms with Crippen molar-refractivity contribution in [3.05, 3.63) is 27.7 Å². The summed E-state index contributed by atoms with van der Waals surface area (Å²) in [6.45, 7) is 0.178. The van der Waals surface area contributed by atoms with E-state index < -0.39 is 6.04 Å². The smallest absolute Gasteiger partial charge is 0.243 e. The molecular weight excluding hydrogens is 295 g/mol. The molecule has 1 atom stereocenters. The first kappa shape index (κ1) is 13.4. The quantitative estimate of drug-likeness (QED) is 0.894. The first-order valence-corrected chi connectivity index (χ1v) is 5.72. The monoisotopic (exact) mass is 306 g/mol. The Morgan fingerprint density at radius 2 is 2.38 bits per heavy atom. The van der Waals surface area contributed by atoms with Gasteiger partial charge in [-0.05, 0) is 34.1 Å². The second kappa shape index (κ2) is 6.20. The van der Waals surface area contributed by atoms with E-state index in [0.717, 1.165) is 0 Å². The molecule has 0 aliphatic heterocycles. The van der Waals surface area contributed by atoms with E-state index in [1.165, 1.54) is 7.11 Å². The van der Waals surface area contributed by atoms with Crippen molar-refractivity contribution in [3.8, 4) is 0 Å². The van der Waals surface area contributed by atoms with Crippen molar-refractivity contribution >= 4 is 39.1 Å². The van der Waals surface area contributed by atoms with Crippen LogP contribution < -0.4 is 11.1 Å². The van der Waals surface area contributed by atoms with Gasteiger partial charge in [0.15, 0.2) is 0 Å². The minimum absolute atomic E-state index is 0.178. The van der Waals surface area contributed by atoms with Gasteiger partial charge in [0.2, 0.25) is 5.91 Å². The van der Waals surface area contributed by atoms with Gasteiger partial charge in [0.05, 0.1) is 12.3 Å². The molecule has 6 heteroatoms. The number of amides is 1. The maximum absolute atomic E-state index is 11.6. The van der Waals surface area contributed by atoms with E-state index in [2.05, 4.69) is 21.2 Å². The topological polar surface area (TPSA) is 64.3 Å². The lowest BCUT2D eigenvalue weighted by atomic mass is 10.2. The van der Waals surface area contributed by atoms with Crippen LogP contribution in [0.1, 0.15) is 0 Å². The Morgan fingerprint density at radius 3 is 2.94 bits per heavy atom. The summed E-state index contributed by atoms with van der Waals surface area (Å²) in [6.07, 6.45) is 0. The van der Waals surface area contributed by atoms with Crippen molar-refractivity contribution in [1.29, 1.82) is 0 Å². The molecule has 0 aromatic heterocycles. The zero-order chi connectivity index (χ0) is 12.1. The SMILES string of the molecule is COCC(N)C(=O)Nc1ccc(Cl)cc1Br. The highest BCUT2D eigenvalue weighted by atomic mass is 79.9. The standard InChI is InChI=1S/C10H12BrClN2O2/c1-16-5-8(13)10(15)14-9-3-2-6(12)4-7(9)11/h2-4,8H,5,13H2,1H3,(H,14,15). The van der Waals surface area contributed by atoms with Crippen LogP contribution in [0.15, 0.2) is 22.7 Å².